The lowest BCUT2D eigenvalue weighted by molar-refractivity contribution is 0.0431. The van der Waals surface area contributed by atoms with Gasteiger partial charge in [-0.15, -0.1) is 11.8 Å². The number of nitrogens with zero attached hydrogens (tertiary/aromatic N) is 3. The third-order valence-corrected chi connectivity index (χ3v) is 7.04. The summed E-state index contributed by atoms with van der Waals surface area (Å²) in [4.78, 5) is 11.4. The minimum absolute atomic E-state index is 0. The van der Waals surface area contributed by atoms with Crippen molar-refractivity contribution in [2.45, 2.75) is 49.8 Å². The summed E-state index contributed by atoms with van der Waals surface area (Å²) >= 11 is 1.80. The molecule has 1 saturated carbocycles. The summed E-state index contributed by atoms with van der Waals surface area (Å²) in [7, 11) is 0. The predicted molar refractivity (Wildman–Crippen MR) is 110 cm³/mol. The first-order valence-corrected chi connectivity index (χ1v) is 10.6. The van der Waals surface area contributed by atoms with Gasteiger partial charge in [0, 0.05) is 37.2 Å². The van der Waals surface area contributed by atoms with E-state index in [1.807, 2.05) is 12.4 Å². The molecule has 0 unspecified atom stereocenters. The minimum Gasteiger partial charge on any atom is -0.485 e. The Balaban J connectivity index is 0.00000192. The maximum Gasteiger partial charge on any atom is 0.147 e. The Bertz CT molecular complexity index is 835. The first kappa shape index (κ1) is 19.5. The number of fused-ring (bicyclic) bond motifs is 1. The normalized spacial score (nSPS) is 22.5. The SMILES string of the molecule is C.N[C@@H]1c2cc(F)ccc2OC12CCN(c1cnc(SCC3CC3)cn1)CC2. The molecule has 5 rings (SSSR count). The van der Waals surface area contributed by atoms with E-state index < -0.39 is 5.60 Å². The monoisotopic (exact) mass is 402 g/mol. The maximum atomic E-state index is 13.6. The molecule has 0 bridgehead atoms. The van der Waals surface area contributed by atoms with Gasteiger partial charge in [-0.1, -0.05) is 7.43 Å². The number of nitrogens with two attached hydrogens (primary N) is 1. The molecular formula is C21H27FN4OS. The summed E-state index contributed by atoms with van der Waals surface area (Å²) in [5.74, 6) is 3.38. The quantitative estimate of drug-likeness (QED) is 0.774. The van der Waals surface area contributed by atoms with Gasteiger partial charge in [0.25, 0.3) is 0 Å². The van der Waals surface area contributed by atoms with E-state index in [-0.39, 0.29) is 19.3 Å². The van der Waals surface area contributed by atoms with Crippen LogP contribution in [-0.2, 0) is 0 Å². The second-order valence-corrected chi connectivity index (χ2v) is 8.82. The van der Waals surface area contributed by atoms with Crippen molar-refractivity contribution in [3.05, 3.63) is 42.0 Å². The number of benzene rings is 1. The molecule has 1 aromatic heterocycles. The average Bonchev–Trinajstić information content (AvgIpc) is 3.49. The van der Waals surface area contributed by atoms with Gasteiger partial charge in [-0.2, -0.15) is 0 Å². The lowest BCUT2D eigenvalue weighted by Gasteiger charge is -2.41. The number of ether oxygens (including phenoxy) is 1. The van der Waals surface area contributed by atoms with Crippen LogP contribution in [0.25, 0.3) is 0 Å². The van der Waals surface area contributed by atoms with Crippen molar-refractivity contribution in [3.8, 4) is 5.75 Å². The average molecular weight is 403 g/mol. The Morgan fingerprint density at radius 1 is 1.21 bits per heavy atom. The van der Waals surface area contributed by atoms with Gasteiger partial charge < -0.3 is 15.4 Å². The fourth-order valence-electron chi connectivity index (χ4n) is 3.98. The van der Waals surface area contributed by atoms with E-state index >= 15 is 0 Å². The van der Waals surface area contributed by atoms with Crippen LogP contribution in [0.2, 0.25) is 0 Å². The van der Waals surface area contributed by atoms with Crippen LogP contribution in [0.4, 0.5) is 10.2 Å². The molecule has 1 aromatic carbocycles. The van der Waals surface area contributed by atoms with Gasteiger partial charge in [-0.3, -0.25) is 0 Å². The number of anilines is 1. The van der Waals surface area contributed by atoms with Crippen LogP contribution in [0.15, 0.2) is 35.6 Å². The van der Waals surface area contributed by atoms with Crippen LogP contribution in [-0.4, -0.2) is 34.4 Å². The number of aromatic nitrogens is 2. The van der Waals surface area contributed by atoms with E-state index in [9.17, 15) is 4.39 Å². The summed E-state index contributed by atoms with van der Waals surface area (Å²) in [6.07, 6.45) is 8.02. The van der Waals surface area contributed by atoms with Gasteiger partial charge in [-0.25, -0.2) is 14.4 Å². The molecule has 150 valence electrons. The minimum atomic E-state index is -0.444. The summed E-state index contributed by atoms with van der Waals surface area (Å²) in [5.41, 5.74) is 6.78. The summed E-state index contributed by atoms with van der Waals surface area (Å²) in [6, 6.07) is 4.33. The van der Waals surface area contributed by atoms with E-state index in [4.69, 9.17) is 10.5 Å². The van der Waals surface area contributed by atoms with Crippen molar-refractivity contribution >= 4 is 17.6 Å². The maximum absolute atomic E-state index is 13.6. The van der Waals surface area contributed by atoms with Gasteiger partial charge >= 0.3 is 0 Å². The highest BCUT2D eigenvalue weighted by Gasteiger charge is 2.48. The van der Waals surface area contributed by atoms with E-state index in [2.05, 4.69) is 14.9 Å². The number of hydrogen-bond acceptors (Lipinski definition) is 6. The molecule has 28 heavy (non-hydrogen) atoms. The standard InChI is InChI=1S/C20H23FN4OS.CH4/c21-14-3-4-16-15(9-14)19(22)20(26-16)5-7-25(8-6-20)17-10-24-18(11-23-17)27-12-13-1-2-13;/h3-4,9-11,13,19H,1-2,5-8,12,22H2;1H4/t19-;/m1./s1. The molecule has 2 aliphatic heterocycles. The highest BCUT2D eigenvalue weighted by atomic mass is 32.2. The predicted octanol–water partition coefficient (Wildman–Crippen LogP) is 4.19. The van der Waals surface area contributed by atoms with Crippen molar-refractivity contribution in [1.82, 2.24) is 9.97 Å². The third kappa shape index (κ3) is 3.57. The molecule has 1 aliphatic carbocycles. The fraction of sp³-hybridized carbons (Fsp3) is 0.524. The van der Waals surface area contributed by atoms with Crippen LogP contribution in [0, 0.1) is 11.7 Å². The second kappa shape index (κ2) is 7.52. The summed E-state index contributed by atoms with van der Waals surface area (Å²) in [6.45, 7) is 1.60. The summed E-state index contributed by atoms with van der Waals surface area (Å²) < 4.78 is 19.8. The largest absolute Gasteiger partial charge is 0.485 e. The molecule has 0 amide bonds. The molecule has 1 spiro atoms. The number of rotatable bonds is 4. The number of piperidine rings is 1. The van der Waals surface area contributed by atoms with E-state index in [0.29, 0.717) is 5.75 Å². The van der Waals surface area contributed by atoms with Gasteiger partial charge in [0.15, 0.2) is 0 Å². The van der Waals surface area contributed by atoms with Crippen LogP contribution >= 0.6 is 11.8 Å². The highest BCUT2D eigenvalue weighted by molar-refractivity contribution is 7.99. The van der Waals surface area contributed by atoms with Crippen LogP contribution in [0.1, 0.15) is 44.7 Å². The van der Waals surface area contributed by atoms with Crippen molar-refractivity contribution in [3.63, 3.8) is 0 Å². The topological polar surface area (TPSA) is 64.3 Å². The van der Waals surface area contributed by atoms with Crippen molar-refractivity contribution < 1.29 is 9.13 Å². The molecule has 1 saturated heterocycles. The van der Waals surface area contributed by atoms with E-state index in [0.717, 1.165) is 54.0 Å². The van der Waals surface area contributed by atoms with Crippen molar-refractivity contribution in [2.24, 2.45) is 11.7 Å². The molecule has 7 heteroatoms. The first-order valence-electron chi connectivity index (χ1n) is 9.57. The molecular weight excluding hydrogens is 375 g/mol. The highest BCUT2D eigenvalue weighted by Crippen LogP contribution is 2.47. The second-order valence-electron chi connectivity index (χ2n) is 7.78. The molecule has 3 heterocycles. The zero-order valence-electron chi connectivity index (χ0n) is 15.1. The molecule has 3 aliphatic rings. The van der Waals surface area contributed by atoms with Crippen LogP contribution in [0.3, 0.4) is 0 Å². The van der Waals surface area contributed by atoms with Crippen LogP contribution in [0.5, 0.6) is 5.75 Å². The van der Waals surface area contributed by atoms with Crippen molar-refractivity contribution in [1.29, 1.82) is 0 Å². The fourth-order valence-corrected chi connectivity index (χ4v) is 4.98. The Labute approximate surface area is 169 Å². The molecule has 2 fully saturated rings. The smallest absolute Gasteiger partial charge is 0.147 e. The van der Waals surface area contributed by atoms with E-state index in [1.54, 1.807) is 17.8 Å². The molecule has 2 N–H and O–H groups in total. The van der Waals surface area contributed by atoms with Gasteiger partial charge in [0.05, 0.1) is 18.4 Å². The molecule has 2 aromatic rings. The third-order valence-electron chi connectivity index (χ3n) is 5.90. The van der Waals surface area contributed by atoms with Gasteiger partial charge in [0.1, 0.15) is 28.0 Å². The Kier molecular flexibility index (Phi) is 5.22. The van der Waals surface area contributed by atoms with E-state index in [1.165, 1.54) is 25.0 Å². The number of halogens is 1. The number of hydrogen-bond donors (Lipinski definition) is 1. The van der Waals surface area contributed by atoms with Gasteiger partial charge in [-0.05, 0) is 37.0 Å². The zero-order chi connectivity index (χ0) is 18.4. The molecule has 1 atom stereocenters. The Hall–Kier alpha value is -1.86. The lowest BCUT2D eigenvalue weighted by Crippen LogP contribution is -2.51. The molecule has 0 radical (unpaired) electrons. The first-order chi connectivity index (χ1) is 13.1. The Morgan fingerprint density at radius 2 is 2.00 bits per heavy atom. The van der Waals surface area contributed by atoms with Gasteiger partial charge in [0.2, 0.25) is 0 Å². The van der Waals surface area contributed by atoms with Crippen molar-refractivity contribution in [2.75, 3.05) is 23.7 Å². The lowest BCUT2D eigenvalue weighted by atomic mass is 9.83. The Morgan fingerprint density at radius 3 is 2.68 bits per heavy atom. The molecule has 5 nitrogen and oxygen atoms in total. The van der Waals surface area contributed by atoms with Crippen LogP contribution < -0.4 is 15.4 Å². The summed E-state index contributed by atoms with van der Waals surface area (Å²) in [5, 5.41) is 0.998. The zero-order valence-corrected chi connectivity index (χ0v) is 15.9. The number of thioether (sulfide) groups is 1.